The van der Waals surface area contributed by atoms with E-state index in [9.17, 15) is 18.0 Å². The van der Waals surface area contributed by atoms with Crippen LogP contribution in [0.4, 0.5) is 19.2 Å². The number of halogens is 3. The molecule has 1 aromatic heterocycles. The van der Waals surface area contributed by atoms with Crippen molar-refractivity contribution in [1.82, 2.24) is 4.98 Å². The molecule has 2 aromatic carbocycles. The Morgan fingerprint density at radius 3 is 2.45 bits per heavy atom. The molecule has 1 amide bonds. The minimum absolute atomic E-state index is 0.150. The van der Waals surface area contributed by atoms with Gasteiger partial charge in [-0.3, -0.25) is 10.1 Å². The number of carbonyl (C=O) groups is 1. The molecule has 0 aliphatic rings. The van der Waals surface area contributed by atoms with Gasteiger partial charge in [0, 0.05) is 0 Å². The van der Waals surface area contributed by atoms with Crippen LogP contribution in [0.5, 0.6) is 0 Å². The van der Waals surface area contributed by atoms with Gasteiger partial charge in [0.05, 0.1) is 11.1 Å². The summed E-state index contributed by atoms with van der Waals surface area (Å²) < 4.78 is 43.9. The second-order valence-corrected chi connectivity index (χ2v) is 4.48. The second-order valence-electron chi connectivity index (χ2n) is 4.48. The van der Waals surface area contributed by atoms with Crippen molar-refractivity contribution >= 4 is 23.0 Å². The van der Waals surface area contributed by atoms with Gasteiger partial charge in [0.15, 0.2) is 5.58 Å². The van der Waals surface area contributed by atoms with E-state index in [0.29, 0.717) is 11.1 Å². The molecule has 3 aromatic rings. The number of rotatable bonds is 2. The van der Waals surface area contributed by atoms with E-state index in [1.54, 1.807) is 24.3 Å². The number of carbonyl (C=O) groups excluding carboxylic acids is 1. The van der Waals surface area contributed by atoms with Crippen molar-refractivity contribution < 1.29 is 22.4 Å². The number of oxazole rings is 1. The third kappa shape index (κ3) is 2.65. The zero-order valence-corrected chi connectivity index (χ0v) is 11.0. The van der Waals surface area contributed by atoms with E-state index < -0.39 is 23.2 Å². The molecule has 7 heteroatoms. The van der Waals surface area contributed by atoms with Crippen molar-refractivity contribution in [1.29, 1.82) is 0 Å². The fourth-order valence-corrected chi connectivity index (χ4v) is 2.02. The van der Waals surface area contributed by atoms with Gasteiger partial charge in [-0.25, -0.2) is 0 Å². The lowest BCUT2D eigenvalue weighted by atomic mass is 10.1. The number of benzene rings is 2. The van der Waals surface area contributed by atoms with Crippen molar-refractivity contribution in [2.45, 2.75) is 6.18 Å². The number of hydrogen-bond donors (Lipinski definition) is 1. The predicted octanol–water partition coefficient (Wildman–Crippen LogP) is 4.10. The third-order valence-corrected chi connectivity index (χ3v) is 2.99. The topological polar surface area (TPSA) is 55.1 Å². The monoisotopic (exact) mass is 306 g/mol. The van der Waals surface area contributed by atoms with Crippen molar-refractivity contribution in [3.63, 3.8) is 0 Å². The fraction of sp³-hybridized carbons (Fsp3) is 0.0667. The van der Waals surface area contributed by atoms with Crippen LogP contribution in [0.15, 0.2) is 52.9 Å². The van der Waals surface area contributed by atoms with Crippen molar-refractivity contribution in [2.75, 3.05) is 5.32 Å². The van der Waals surface area contributed by atoms with E-state index in [-0.39, 0.29) is 6.01 Å². The lowest BCUT2D eigenvalue weighted by Gasteiger charge is -2.11. The van der Waals surface area contributed by atoms with Gasteiger partial charge in [-0.15, -0.1) is 0 Å². The van der Waals surface area contributed by atoms with Crippen LogP contribution in [0.2, 0.25) is 0 Å². The molecule has 22 heavy (non-hydrogen) atoms. The molecule has 0 atom stereocenters. The molecule has 0 radical (unpaired) electrons. The maximum absolute atomic E-state index is 12.9. The number of para-hydroxylation sites is 2. The second kappa shape index (κ2) is 5.18. The Morgan fingerprint density at radius 1 is 1.05 bits per heavy atom. The summed E-state index contributed by atoms with van der Waals surface area (Å²) in [4.78, 5) is 16.0. The van der Waals surface area contributed by atoms with Gasteiger partial charge in [0.25, 0.3) is 5.91 Å². The fourth-order valence-electron chi connectivity index (χ4n) is 2.02. The Hall–Kier alpha value is -2.83. The molecule has 4 nitrogen and oxygen atoms in total. The van der Waals surface area contributed by atoms with Crippen molar-refractivity contribution in [3.8, 4) is 0 Å². The molecule has 0 aliphatic carbocycles. The lowest BCUT2D eigenvalue weighted by molar-refractivity contribution is -0.137. The molecule has 0 saturated heterocycles. The Bertz CT molecular complexity index is 807. The number of fused-ring (bicyclic) bond motifs is 1. The number of nitrogens with one attached hydrogen (secondary N) is 1. The van der Waals surface area contributed by atoms with Crippen LogP contribution < -0.4 is 5.32 Å². The highest BCUT2D eigenvalue weighted by atomic mass is 19.4. The summed E-state index contributed by atoms with van der Waals surface area (Å²) in [6, 6.07) is 11.1. The van der Waals surface area contributed by atoms with Gasteiger partial charge in [0.1, 0.15) is 5.52 Å². The van der Waals surface area contributed by atoms with Crippen LogP contribution in [0.25, 0.3) is 11.1 Å². The molecule has 0 saturated carbocycles. The van der Waals surface area contributed by atoms with E-state index in [2.05, 4.69) is 10.3 Å². The summed E-state index contributed by atoms with van der Waals surface area (Å²) in [5.74, 6) is -0.931. The van der Waals surface area contributed by atoms with E-state index in [4.69, 9.17) is 4.42 Å². The first-order valence-electron chi connectivity index (χ1n) is 6.28. The molecule has 112 valence electrons. The van der Waals surface area contributed by atoms with Gasteiger partial charge in [-0.1, -0.05) is 24.3 Å². The maximum Gasteiger partial charge on any atom is 0.417 e. The van der Waals surface area contributed by atoms with Gasteiger partial charge < -0.3 is 4.42 Å². The Balaban J connectivity index is 1.92. The number of aromatic nitrogens is 1. The lowest BCUT2D eigenvalue weighted by Crippen LogP contribution is -2.18. The number of nitrogens with zero attached hydrogens (tertiary/aromatic N) is 1. The number of anilines is 1. The van der Waals surface area contributed by atoms with Crippen LogP contribution in [-0.2, 0) is 6.18 Å². The van der Waals surface area contributed by atoms with Crippen molar-refractivity contribution in [2.24, 2.45) is 0 Å². The highest BCUT2D eigenvalue weighted by Gasteiger charge is 2.35. The summed E-state index contributed by atoms with van der Waals surface area (Å²) in [6.07, 6.45) is -4.62. The predicted molar refractivity (Wildman–Crippen MR) is 73.4 cm³/mol. The van der Waals surface area contributed by atoms with E-state index >= 15 is 0 Å². The smallest absolute Gasteiger partial charge is 0.417 e. The quantitative estimate of drug-likeness (QED) is 0.775. The first-order chi connectivity index (χ1) is 10.4. The first kappa shape index (κ1) is 14.1. The summed E-state index contributed by atoms with van der Waals surface area (Å²) in [6.45, 7) is 0. The van der Waals surface area contributed by atoms with Crippen LogP contribution >= 0.6 is 0 Å². The normalized spacial score (nSPS) is 11.6. The SMILES string of the molecule is O=C(Nc1nc2ccccc2o1)c1ccccc1C(F)(F)F. The van der Waals surface area contributed by atoms with Crippen LogP contribution in [-0.4, -0.2) is 10.9 Å². The first-order valence-corrected chi connectivity index (χ1v) is 6.28. The Kier molecular flexibility index (Phi) is 3.32. The van der Waals surface area contributed by atoms with Crippen LogP contribution in [0.3, 0.4) is 0 Å². The van der Waals surface area contributed by atoms with Crippen molar-refractivity contribution in [3.05, 3.63) is 59.7 Å². The maximum atomic E-state index is 12.9. The van der Waals surface area contributed by atoms with Gasteiger partial charge in [-0.2, -0.15) is 18.2 Å². The zero-order valence-electron chi connectivity index (χ0n) is 11.0. The summed E-state index contributed by atoms with van der Waals surface area (Å²) >= 11 is 0. The van der Waals surface area contributed by atoms with E-state index in [1.165, 1.54) is 12.1 Å². The zero-order chi connectivity index (χ0) is 15.7. The summed E-state index contributed by atoms with van der Waals surface area (Å²) in [5.41, 5.74) is -0.565. The molecule has 1 heterocycles. The average molecular weight is 306 g/mol. The summed E-state index contributed by atoms with van der Waals surface area (Å²) in [7, 11) is 0. The van der Waals surface area contributed by atoms with Gasteiger partial charge >= 0.3 is 12.2 Å². The highest BCUT2D eigenvalue weighted by molar-refractivity contribution is 6.04. The molecule has 0 aliphatic heterocycles. The Labute approximate surface area is 122 Å². The Morgan fingerprint density at radius 2 is 1.73 bits per heavy atom. The van der Waals surface area contributed by atoms with Crippen LogP contribution in [0, 0.1) is 0 Å². The minimum atomic E-state index is -4.62. The van der Waals surface area contributed by atoms with Gasteiger partial charge in [-0.05, 0) is 24.3 Å². The number of hydrogen-bond acceptors (Lipinski definition) is 3. The average Bonchev–Trinajstić information content (AvgIpc) is 2.88. The molecule has 0 bridgehead atoms. The largest absolute Gasteiger partial charge is 0.423 e. The van der Waals surface area contributed by atoms with Crippen LogP contribution in [0.1, 0.15) is 15.9 Å². The molecular formula is C15H9F3N2O2. The molecular weight excluding hydrogens is 297 g/mol. The molecule has 3 rings (SSSR count). The number of alkyl halides is 3. The van der Waals surface area contributed by atoms with Gasteiger partial charge in [0.2, 0.25) is 0 Å². The standard InChI is InChI=1S/C15H9F3N2O2/c16-15(17,18)10-6-2-1-5-9(10)13(21)20-14-19-11-7-3-4-8-12(11)22-14/h1-8H,(H,19,20,21). The summed E-state index contributed by atoms with van der Waals surface area (Å²) in [5, 5.41) is 2.24. The molecule has 0 spiro atoms. The molecule has 1 N–H and O–H groups in total. The highest BCUT2D eigenvalue weighted by Crippen LogP contribution is 2.32. The number of amides is 1. The van der Waals surface area contributed by atoms with E-state index in [0.717, 1.165) is 12.1 Å². The molecule has 0 fully saturated rings. The molecule has 0 unspecified atom stereocenters. The minimum Gasteiger partial charge on any atom is -0.423 e. The van der Waals surface area contributed by atoms with E-state index in [1.807, 2.05) is 0 Å². The third-order valence-electron chi connectivity index (χ3n) is 2.99.